The van der Waals surface area contributed by atoms with Crippen molar-refractivity contribution in [3.05, 3.63) is 23.8 Å². The minimum absolute atomic E-state index is 0.000808. The van der Waals surface area contributed by atoms with Crippen LogP contribution in [0, 0.1) is 5.41 Å². The van der Waals surface area contributed by atoms with E-state index >= 15 is 0 Å². The lowest BCUT2D eigenvalue weighted by Crippen LogP contribution is -2.26. The summed E-state index contributed by atoms with van der Waals surface area (Å²) in [5.74, 6) is -0.0605. The van der Waals surface area contributed by atoms with Crippen LogP contribution in [0.4, 0.5) is 5.69 Å². The van der Waals surface area contributed by atoms with Gasteiger partial charge in [-0.15, -0.1) is 0 Å². The Kier molecular flexibility index (Phi) is 4.44. The van der Waals surface area contributed by atoms with Crippen LogP contribution in [-0.2, 0) is 15.4 Å². The topological polar surface area (TPSA) is 66.4 Å². The van der Waals surface area contributed by atoms with Crippen molar-refractivity contribution in [3.63, 3.8) is 0 Å². The molecule has 0 heterocycles. The molecule has 114 valence electrons. The van der Waals surface area contributed by atoms with E-state index in [4.69, 9.17) is 0 Å². The average Bonchev–Trinajstić information content (AvgIpc) is 2.15. The van der Waals surface area contributed by atoms with Crippen molar-refractivity contribution < 1.29 is 13.5 Å². The molecular weight excluding hydrogens is 274 g/mol. The highest BCUT2D eigenvalue weighted by molar-refractivity contribution is 7.92. The van der Waals surface area contributed by atoms with Gasteiger partial charge in [-0.1, -0.05) is 47.6 Å². The van der Waals surface area contributed by atoms with E-state index in [0.717, 1.165) is 5.56 Å². The van der Waals surface area contributed by atoms with Gasteiger partial charge in [0.05, 0.1) is 11.4 Å². The van der Waals surface area contributed by atoms with Gasteiger partial charge in [-0.3, -0.25) is 4.72 Å². The molecule has 0 aliphatic carbocycles. The third-order valence-electron chi connectivity index (χ3n) is 2.75. The first-order valence-corrected chi connectivity index (χ1v) is 8.29. The second-order valence-corrected chi connectivity index (χ2v) is 9.13. The molecule has 0 aromatic heterocycles. The minimum atomic E-state index is -3.49. The molecule has 4 nitrogen and oxygen atoms in total. The van der Waals surface area contributed by atoms with Crippen LogP contribution in [0.3, 0.4) is 0 Å². The van der Waals surface area contributed by atoms with Crippen LogP contribution in [0.15, 0.2) is 18.2 Å². The van der Waals surface area contributed by atoms with E-state index in [-0.39, 0.29) is 28.0 Å². The molecule has 0 saturated heterocycles. The van der Waals surface area contributed by atoms with Gasteiger partial charge in [-0.05, 0) is 28.5 Å². The summed E-state index contributed by atoms with van der Waals surface area (Å²) < 4.78 is 26.7. The Labute approximate surface area is 122 Å². The molecule has 1 aromatic carbocycles. The van der Waals surface area contributed by atoms with Crippen LogP contribution in [0.2, 0.25) is 0 Å². The molecule has 0 spiro atoms. The van der Waals surface area contributed by atoms with E-state index in [1.165, 1.54) is 6.07 Å². The predicted molar refractivity (Wildman–Crippen MR) is 83.7 cm³/mol. The second-order valence-electron chi connectivity index (χ2n) is 7.40. The maximum Gasteiger partial charge on any atom is 0.233 e. The number of rotatable bonds is 3. The summed E-state index contributed by atoms with van der Waals surface area (Å²) >= 11 is 0. The fourth-order valence-electron chi connectivity index (χ4n) is 1.86. The fraction of sp³-hybridized carbons (Fsp3) is 0.600. The first kappa shape index (κ1) is 16.8. The molecule has 0 amide bonds. The van der Waals surface area contributed by atoms with E-state index in [0.29, 0.717) is 0 Å². The Morgan fingerprint density at radius 1 is 1.10 bits per heavy atom. The summed E-state index contributed by atoms with van der Waals surface area (Å²) in [7, 11) is -3.49. The molecule has 5 heteroatoms. The maximum absolute atomic E-state index is 12.1. The Morgan fingerprint density at radius 2 is 1.65 bits per heavy atom. The van der Waals surface area contributed by atoms with E-state index < -0.39 is 10.0 Å². The molecule has 0 fully saturated rings. The second kappa shape index (κ2) is 5.28. The molecule has 0 bridgehead atoms. The summed E-state index contributed by atoms with van der Waals surface area (Å²) in [6.07, 6.45) is 0. The normalized spacial score (nSPS) is 13.3. The molecule has 1 aromatic rings. The quantitative estimate of drug-likeness (QED) is 0.840. The number of phenols is 1. The summed E-state index contributed by atoms with van der Waals surface area (Å²) in [4.78, 5) is 0. The highest BCUT2D eigenvalue weighted by Crippen LogP contribution is 2.31. The number of hydrogen-bond donors (Lipinski definition) is 2. The van der Waals surface area contributed by atoms with Gasteiger partial charge in [0.25, 0.3) is 0 Å². The first-order chi connectivity index (χ1) is 8.80. The molecule has 0 aliphatic rings. The minimum Gasteiger partial charge on any atom is -0.506 e. The smallest absolute Gasteiger partial charge is 0.233 e. The van der Waals surface area contributed by atoms with E-state index in [2.05, 4.69) is 4.72 Å². The molecule has 0 aliphatic heterocycles. The lowest BCUT2D eigenvalue weighted by Gasteiger charge is -2.22. The third kappa shape index (κ3) is 5.04. The lowest BCUT2D eigenvalue weighted by molar-refractivity contribution is 0.462. The Morgan fingerprint density at radius 3 is 2.10 bits per heavy atom. The van der Waals surface area contributed by atoms with Crippen LogP contribution in [0.5, 0.6) is 5.75 Å². The zero-order valence-electron chi connectivity index (χ0n) is 13.1. The van der Waals surface area contributed by atoms with Crippen molar-refractivity contribution in [1.29, 1.82) is 0 Å². The summed E-state index contributed by atoms with van der Waals surface area (Å²) in [5, 5.41) is 9.84. The lowest BCUT2D eigenvalue weighted by atomic mass is 9.87. The van der Waals surface area contributed by atoms with Gasteiger partial charge in [-0.2, -0.15) is 0 Å². The number of benzene rings is 1. The van der Waals surface area contributed by atoms with Crippen molar-refractivity contribution in [2.24, 2.45) is 5.41 Å². The van der Waals surface area contributed by atoms with Crippen LogP contribution in [0.1, 0.15) is 47.1 Å². The summed E-state index contributed by atoms with van der Waals surface area (Å²) in [5.41, 5.74) is 0.742. The Balaban J connectivity index is 3.09. The van der Waals surface area contributed by atoms with Gasteiger partial charge in [0.2, 0.25) is 10.0 Å². The molecule has 1 rings (SSSR count). The van der Waals surface area contributed by atoms with Crippen LogP contribution >= 0.6 is 0 Å². The zero-order chi connectivity index (χ0) is 15.8. The van der Waals surface area contributed by atoms with Crippen molar-refractivity contribution in [1.82, 2.24) is 0 Å². The van der Waals surface area contributed by atoms with E-state index in [9.17, 15) is 13.5 Å². The SMILES string of the molecule is CC(C)(C)CS(=O)(=O)Nc1cc(C(C)(C)C)ccc1O. The van der Waals surface area contributed by atoms with Crippen molar-refractivity contribution >= 4 is 15.7 Å². The monoisotopic (exact) mass is 299 g/mol. The molecule has 0 saturated carbocycles. The summed E-state index contributed by atoms with van der Waals surface area (Å²) in [6, 6.07) is 5.02. The van der Waals surface area contributed by atoms with Crippen LogP contribution in [-0.4, -0.2) is 19.3 Å². The number of aromatic hydroxyl groups is 1. The highest BCUT2D eigenvalue weighted by Gasteiger charge is 2.23. The third-order valence-corrected chi connectivity index (χ3v) is 4.53. The van der Waals surface area contributed by atoms with Gasteiger partial charge < -0.3 is 5.11 Å². The Bertz CT molecular complexity index is 578. The predicted octanol–water partition coefficient (Wildman–Crippen LogP) is 3.48. The fourth-order valence-corrected chi connectivity index (χ4v) is 3.57. The summed E-state index contributed by atoms with van der Waals surface area (Å²) in [6.45, 7) is 11.7. The number of anilines is 1. The van der Waals surface area contributed by atoms with Gasteiger partial charge in [0, 0.05) is 0 Å². The Hall–Kier alpha value is -1.23. The zero-order valence-corrected chi connectivity index (χ0v) is 13.9. The number of nitrogens with one attached hydrogen (secondary N) is 1. The number of phenolic OH excluding ortho intramolecular Hbond substituents is 1. The van der Waals surface area contributed by atoms with E-state index in [1.54, 1.807) is 12.1 Å². The number of hydrogen-bond acceptors (Lipinski definition) is 3. The van der Waals surface area contributed by atoms with E-state index in [1.807, 2.05) is 41.5 Å². The molecule has 0 atom stereocenters. The van der Waals surface area contributed by atoms with Crippen molar-refractivity contribution in [2.45, 2.75) is 47.0 Å². The molecule has 0 radical (unpaired) electrons. The van der Waals surface area contributed by atoms with Gasteiger partial charge >= 0.3 is 0 Å². The van der Waals surface area contributed by atoms with Crippen molar-refractivity contribution in [3.8, 4) is 5.75 Å². The largest absolute Gasteiger partial charge is 0.506 e. The van der Waals surface area contributed by atoms with Crippen LogP contribution in [0.25, 0.3) is 0 Å². The standard InChI is InChI=1S/C15H25NO3S/c1-14(2,3)10-20(18,19)16-12-9-11(15(4,5)6)7-8-13(12)17/h7-9,16-17H,10H2,1-6H3. The van der Waals surface area contributed by atoms with Crippen molar-refractivity contribution in [2.75, 3.05) is 10.5 Å². The average molecular weight is 299 g/mol. The van der Waals surface area contributed by atoms with Gasteiger partial charge in [-0.25, -0.2) is 8.42 Å². The van der Waals surface area contributed by atoms with Crippen LogP contribution < -0.4 is 4.72 Å². The molecule has 0 unspecified atom stereocenters. The molecule has 20 heavy (non-hydrogen) atoms. The first-order valence-electron chi connectivity index (χ1n) is 6.64. The number of sulfonamides is 1. The molecular formula is C15H25NO3S. The maximum atomic E-state index is 12.1. The van der Waals surface area contributed by atoms with Gasteiger partial charge in [0.1, 0.15) is 5.75 Å². The highest BCUT2D eigenvalue weighted by atomic mass is 32.2. The molecule has 2 N–H and O–H groups in total. The van der Waals surface area contributed by atoms with Gasteiger partial charge in [0.15, 0.2) is 0 Å².